The molecule has 0 fully saturated rings. The number of nitrogens with zero attached hydrogens (tertiary/aromatic N) is 1. The second kappa shape index (κ2) is 4.39. The van der Waals surface area contributed by atoms with E-state index in [-0.39, 0.29) is 5.78 Å². The molecule has 0 aliphatic carbocycles. The molecule has 13 heavy (non-hydrogen) atoms. The molecule has 0 saturated carbocycles. The number of hydrogen-bond acceptors (Lipinski definition) is 3. The zero-order valence-corrected chi connectivity index (χ0v) is 7.37. The maximum absolute atomic E-state index is 10.9. The lowest BCUT2D eigenvalue weighted by atomic mass is 10.2. The van der Waals surface area contributed by atoms with E-state index in [0.717, 1.165) is 5.56 Å². The minimum atomic E-state index is -0.0432. The van der Waals surface area contributed by atoms with Crippen molar-refractivity contribution in [2.24, 2.45) is 5.73 Å². The van der Waals surface area contributed by atoms with Crippen LogP contribution in [-0.2, 0) is 0 Å². The average Bonchev–Trinajstić information content (AvgIpc) is 2.15. The van der Waals surface area contributed by atoms with Gasteiger partial charge in [-0.05, 0) is 12.1 Å². The predicted octanol–water partition coefficient (Wildman–Crippen LogP) is 0.594. The fraction of sp³-hybridized carbons (Fsp3) is 0.200. The Kier molecular flexibility index (Phi) is 3.18. The van der Waals surface area contributed by atoms with Gasteiger partial charge in [0.25, 0.3) is 0 Å². The van der Waals surface area contributed by atoms with Gasteiger partial charge in [-0.3, -0.25) is 9.78 Å². The summed E-state index contributed by atoms with van der Waals surface area (Å²) in [6, 6.07) is 3.41. The summed E-state index contributed by atoms with van der Waals surface area (Å²) in [7, 11) is 0. The van der Waals surface area contributed by atoms with Gasteiger partial charge in [-0.25, -0.2) is 0 Å². The smallest absolute Gasteiger partial charge is 0.178 e. The molecule has 1 rings (SSSR count). The molecule has 0 bridgehead atoms. The van der Waals surface area contributed by atoms with E-state index in [2.05, 4.69) is 16.8 Å². The van der Waals surface area contributed by atoms with Crippen LogP contribution in [0.4, 0.5) is 0 Å². The first-order valence-corrected chi connectivity index (χ1v) is 3.90. The monoisotopic (exact) mass is 174 g/mol. The molecule has 1 aromatic rings. The Bertz CT molecular complexity index is 357. The molecule has 3 nitrogen and oxygen atoms in total. The molecule has 0 aliphatic rings. The lowest BCUT2D eigenvalue weighted by molar-refractivity contribution is 0.101. The third-order valence-electron chi connectivity index (χ3n) is 1.46. The molecule has 0 atom stereocenters. The van der Waals surface area contributed by atoms with E-state index in [9.17, 15) is 4.79 Å². The maximum Gasteiger partial charge on any atom is 0.178 e. The van der Waals surface area contributed by atoms with Crippen molar-refractivity contribution in [2.45, 2.75) is 6.92 Å². The Labute approximate surface area is 77.0 Å². The summed E-state index contributed by atoms with van der Waals surface area (Å²) >= 11 is 0. The number of pyridine rings is 1. The third-order valence-corrected chi connectivity index (χ3v) is 1.46. The fourth-order valence-electron chi connectivity index (χ4n) is 0.829. The zero-order chi connectivity index (χ0) is 9.68. The zero-order valence-electron chi connectivity index (χ0n) is 7.37. The largest absolute Gasteiger partial charge is 0.320 e. The predicted molar refractivity (Wildman–Crippen MR) is 50.2 cm³/mol. The fourth-order valence-corrected chi connectivity index (χ4v) is 0.829. The summed E-state index contributed by atoms with van der Waals surface area (Å²) in [5, 5.41) is 0. The number of nitrogens with two attached hydrogens (primary N) is 1. The number of Topliss-reactive ketones (excluding diaryl/α,β-unsaturated/α-hetero) is 1. The van der Waals surface area contributed by atoms with Crippen LogP contribution in [0.15, 0.2) is 18.3 Å². The van der Waals surface area contributed by atoms with E-state index >= 15 is 0 Å². The lowest BCUT2D eigenvalue weighted by Gasteiger charge is -1.93. The molecule has 1 aromatic heterocycles. The Morgan fingerprint density at radius 3 is 2.85 bits per heavy atom. The molecule has 0 amide bonds. The summed E-state index contributed by atoms with van der Waals surface area (Å²) in [6.07, 6.45) is 1.57. The molecule has 0 radical (unpaired) electrons. The molecule has 0 aliphatic heterocycles. The molecule has 0 saturated heterocycles. The Morgan fingerprint density at radius 2 is 2.38 bits per heavy atom. The van der Waals surface area contributed by atoms with Gasteiger partial charge < -0.3 is 5.73 Å². The summed E-state index contributed by atoms with van der Waals surface area (Å²) < 4.78 is 0. The van der Waals surface area contributed by atoms with Crippen LogP contribution < -0.4 is 5.73 Å². The van der Waals surface area contributed by atoms with Crippen LogP contribution in [0.25, 0.3) is 0 Å². The van der Waals surface area contributed by atoms with E-state index in [0.29, 0.717) is 12.2 Å². The van der Waals surface area contributed by atoms with Gasteiger partial charge >= 0.3 is 0 Å². The van der Waals surface area contributed by atoms with E-state index in [1.165, 1.54) is 6.92 Å². The summed E-state index contributed by atoms with van der Waals surface area (Å²) in [5.41, 5.74) is 6.44. The molecule has 3 heteroatoms. The van der Waals surface area contributed by atoms with Gasteiger partial charge in [0.15, 0.2) is 5.78 Å². The number of aromatic nitrogens is 1. The van der Waals surface area contributed by atoms with Crippen molar-refractivity contribution in [3.05, 3.63) is 29.6 Å². The molecular weight excluding hydrogens is 164 g/mol. The van der Waals surface area contributed by atoms with Gasteiger partial charge in [0.1, 0.15) is 5.69 Å². The SMILES string of the molecule is CC(=O)c1ccc(C#CCN)cn1. The minimum Gasteiger partial charge on any atom is -0.320 e. The first kappa shape index (κ1) is 9.43. The molecule has 0 unspecified atom stereocenters. The van der Waals surface area contributed by atoms with Gasteiger partial charge in [-0.1, -0.05) is 11.8 Å². The Hall–Kier alpha value is -1.66. The highest BCUT2D eigenvalue weighted by atomic mass is 16.1. The highest BCUT2D eigenvalue weighted by molar-refractivity contribution is 5.92. The quantitative estimate of drug-likeness (QED) is 0.501. The lowest BCUT2D eigenvalue weighted by Crippen LogP contribution is -1.96. The van der Waals surface area contributed by atoms with Gasteiger partial charge in [0.2, 0.25) is 0 Å². The van der Waals surface area contributed by atoms with E-state index in [1.54, 1.807) is 18.3 Å². The minimum absolute atomic E-state index is 0.0432. The van der Waals surface area contributed by atoms with Gasteiger partial charge in [-0.2, -0.15) is 0 Å². The van der Waals surface area contributed by atoms with E-state index in [1.807, 2.05) is 0 Å². The summed E-state index contributed by atoms with van der Waals surface area (Å²) in [4.78, 5) is 14.8. The molecule has 66 valence electrons. The maximum atomic E-state index is 10.9. The average molecular weight is 174 g/mol. The normalized spacial score (nSPS) is 8.77. The molecule has 0 aromatic carbocycles. The van der Waals surface area contributed by atoms with Gasteiger partial charge in [0.05, 0.1) is 6.54 Å². The number of hydrogen-bond donors (Lipinski definition) is 1. The summed E-state index contributed by atoms with van der Waals surface area (Å²) in [6.45, 7) is 1.81. The highest BCUT2D eigenvalue weighted by Crippen LogP contribution is 1.98. The molecular formula is C10H10N2O. The van der Waals surface area contributed by atoms with Crippen LogP contribution in [0.5, 0.6) is 0 Å². The number of carbonyl (C=O) groups excluding carboxylic acids is 1. The van der Waals surface area contributed by atoms with Gasteiger partial charge in [-0.15, -0.1) is 0 Å². The third kappa shape index (κ3) is 2.69. The number of ketones is 1. The second-order valence-corrected chi connectivity index (χ2v) is 2.49. The van der Waals surface area contributed by atoms with E-state index in [4.69, 9.17) is 5.73 Å². The highest BCUT2D eigenvalue weighted by Gasteiger charge is 1.98. The standard InChI is InChI=1S/C10H10N2O/c1-8(13)10-5-4-9(7-12-10)3-2-6-11/h4-5,7H,6,11H2,1H3. The van der Waals surface area contributed by atoms with Crippen LogP contribution in [0.3, 0.4) is 0 Å². The van der Waals surface area contributed by atoms with Crippen LogP contribution in [-0.4, -0.2) is 17.3 Å². The van der Waals surface area contributed by atoms with Crippen LogP contribution in [0.1, 0.15) is 23.0 Å². The van der Waals surface area contributed by atoms with Crippen molar-refractivity contribution in [1.82, 2.24) is 4.98 Å². The van der Waals surface area contributed by atoms with Crippen molar-refractivity contribution < 1.29 is 4.79 Å². The van der Waals surface area contributed by atoms with Crippen LogP contribution in [0, 0.1) is 11.8 Å². The van der Waals surface area contributed by atoms with Crippen molar-refractivity contribution in [2.75, 3.05) is 6.54 Å². The molecule has 1 heterocycles. The Balaban J connectivity index is 2.87. The summed E-state index contributed by atoms with van der Waals surface area (Å²) in [5.74, 6) is 5.48. The van der Waals surface area contributed by atoms with E-state index < -0.39 is 0 Å². The topological polar surface area (TPSA) is 56.0 Å². The van der Waals surface area contributed by atoms with Crippen molar-refractivity contribution in [1.29, 1.82) is 0 Å². The van der Waals surface area contributed by atoms with Crippen molar-refractivity contribution in [3.8, 4) is 11.8 Å². The van der Waals surface area contributed by atoms with Crippen molar-refractivity contribution >= 4 is 5.78 Å². The first-order chi connectivity index (χ1) is 6.24. The van der Waals surface area contributed by atoms with Crippen molar-refractivity contribution in [3.63, 3.8) is 0 Å². The Morgan fingerprint density at radius 1 is 1.62 bits per heavy atom. The van der Waals surface area contributed by atoms with Gasteiger partial charge in [0, 0.05) is 18.7 Å². The molecule has 2 N–H and O–H groups in total. The number of carbonyl (C=O) groups is 1. The van der Waals surface area contributed by atoms with Crippen LogP contribution >= 0.6 is 0 Å². The van der Waals surface area contributed by atoms with Crippen LogP contribution in [0.2, 0.25) is 0 Å². The molecule has 0 spiro atoms. The first-order valence-electron chi connectivity index (χ1n) is 3.90. The second-order valence-electron chi connectivity index (χ2n) is 2.49. The number of rotatable bonds is 1.